The molecule has 33 heavy (non-hydrogen) atoms. The molecule has 0 aliphatic heterocycles. The van der Waals surface area contributed by atoms with E-state index in [4.69, 9.17) is 4.74 Å². The Morgan fingerprint density at radius 3 is 1.76 bits per heavy atom. The summed E-state index contributed by atoms with van der Waals surface area (Å²) in [6, 6.07) is 22.7. The zero-order valence-corrected chi connectivity index (χ0v) is 18.7. The van der Waals surface area contributed by atoms with Crippen LogP contribution in [0.5, 0.6) is 5.75 Å². The number of aldehydes is 2. The fraction of sp³-hybridized carbons (Fsp3) is 0.103. The standard InChI is InChI=1S/C29H23FO3/c1-18-23(21-12-10-20(16-31)11-13-21)6-4-8-25(18)26-9-5-7-24(19(26)2)22-14-28(30)27(17-32)29(15-22)33-3/h4-17H,1-3H3. The molecule has 4 rings (SSSR count). The van der Waals surface area contributed by atoms with E-state index in [-0.39, 0.29) is 11.3 Å². The summed E-state index contributed by atoms with van der Waals surface area (Å²) in [6.45, 7) is 4.08. The van der Waals surface area contributed by atoms with Crippen LogP contribution < -0.4 is 4.74 Å². The van der Waals surface area contributed by atoms with Crippen LogP contribution in [0.3, 0.4) is 0 Å². The van der Waals surface area contributed by atoms with Crippen LogP contribution in [0.2, 0.25) is 0 Å². The summed E-state index contributed by atoms with van der Waals surface area (Å²) in [4.78, 5) is 22.2. The molecule has 4 aromatic rings. The highest BCUT2D eigenvalue weighted by molar-refractivity contribution is 5.86. The predicted molar refractivity (Wildman–Crippen MR) is 130 cm³/mol. The predicted octanol–water partition coefficient (Wildman–Crippen LogP) is 7.08. The highest BCUT2D eigenvalue weighted by Crippen LogP contribution is 2.38. The third-order valence-corrected chi connectivity index (χ3v) is 6.06. The van der Waals surface area contributed by atoms with Gasteiger partial charge in [0.15, 0.2) is 6.29 Å². The molecular formula is C29H23FO3. The summed E-state index contributed by atoms with van der Waals surface area (Å²) in [7, 11) is 1.42. The van der Waals surface area contributed by atoms with Crippen molar-refractivity contribution in [2.24, 2.45) is 0 Å². The number of methoxy groups -OCH3 is 1. The Balaban J connectivity index is 1.84. The van der Waals surface area contributed by atoms with Gasteiger partial charge in [-0.3, -0.25) is 9.59 Å². The van der Waals surface area contributed by atoms with Gasteiger partial charge in [0.2, 0.25) is 0 Å². The highest BCUT2D eigenvalue weighted by Gasteiger charge is 2.16. The van der Waals surface area contributed by atoms with Crippen molar-refractivity contribution in [1.82, 2.24) is 0 Å². The molecule has 0 atom stereocenters. The van der Waals surface area contributed by atoms with Crippen molar-refractivity contribution in [3.05, 3.63) is 101 Å². The van der Waals surface area contributed by atoms with Crippen molar-refractivity contribution in [1.29, 1.82) is 0 Å². The Bertz CT molecular complexity index is 1350. The van der Waals surface area contributed by atoms with Crippen LogP contribution >= 0.6 is 0 Å². The van der Waals surface area contributed by atoms with Crippen molar-refractivity contribution < 1.29 is 18.7 Å². The molecule has 0 heterocycles. The van der Waals surface area contributed by atoms with Gasteiger partial charge in [-0.1, -0.05) is 60.7 Å². The minimum atomic E-state index is -0.610. The molecule has 0 fully saturated rings. The average Bonchev–Trinajstić information content (AvgIpc) is 2.84. The zero-order chi connectivity index (χ0) is 23.5. The molecule has 0 amide bonds. The summed E-state index contributed by atoms with van der Waals surface area (Å²) in [5.41, 5.74) is 8.39. The number of rotatable bonds is 6. The molecule has 0 aliphatic rings. The Kier molecular flexibility index (Phi) is 6.18. The van der Waals surface area contributed by atoms with Gasteiger partial charge in [-0.2, -0.15) is 0 Å². The smallest absolute Gasteiger partial charge is 0.156 e. The number of benzene rings is 4. The summed E-state index contributed by atoms with van der Waals surface area (Å²) >= 11 is 0. The molecule has 0 spiro atoms. The molecule has 0 bridgehead atoms. The molecule has 0 saturated carbocycles. The third-order valence-electron chi connectivity index (χ3n) is 6.06. The van der Waals surface area contributed by atoms with Crippen LogP contribution in [-0.4, -0.2) is 19.7 Å². The summed E-state index contributed by atoms with van der Waals surface area (Å²) < 4.78 is 19.8. The van der Waals surface area contributed by atoms with E-state index in [1.54, 1.807) is 6.07 Å². The van der Waals surface area contributed by atoms with E-state index < -0.39 is 5.82 Å². The Morgan fingerprint density at radius 2 is 1.24 bits per heavy atom. The van der Waals surface area contributed by atoms with Crippen molar-refractivity contribution in [3.63, 3.8) is 0 Å². The fourth-order valence-corrected chi connectivity index (χ4v) is 4.25. The van der Waals surface area contributed by atoms with Crippen LogP contribution in [-0.2, 0) is 0 Å². The fourth-order valence-electron chi connectivity index (χ4n) is 4.25. The van der Waals surface area contributed by atoms with Gasteiger partial charge in [0.1, 0.15) is 17.9 Å². The monoisotopic (exact) mass is 438 g/mol. The zero-order valence-electron chi connectivity index (χ0n) is 18.7. The molecule has 0 aromatic heterocycles. The van der Waals surface area contributed by atoms with Gasteiger partial charge in [-0.25, -0.2) is 4.39 Å². The van der Waals surface area contributed by atoms with Gasteiger partial charge in [0, 0.05) is 5.56 Å². The van der Waals surface area contributed by atoms with E-state index in [9.17, 15) is 14.0 Å². The number of carbonyl (C=O) groups excluding carboxylic acids is 2. The SMILES string of the molecule is COc1cc(-c2cccc(-c3cccc(-c4ccc(C=O)cc4)c3C)c2C)cc(F)c1C=O. The Morgan fingerprint density at radius 1 is 0.697 bits per heavy atom. The molecule has 0 unspecified atom stereocenters. The lowest BCUT2D eigenvalue weighted by atomic mass is 9.88. The van der Waals surface area contributed by atoms with Gasteiger partial charge in [-0.05, 0) is 70.5 Å². The Labute approximate surface area is 192 Å². The van der Waals surface area contributed by atoms with E-state index in [0.29, 0.717) is 17.4 Å². The van der Waals surface area contributed by atoms with Crippen molar-refractivity contribution in [2.45, 2.75) is 13.8 Å². The summed E-state index contributed by atoms with van der Waals surface area (Å²) in [5.74, 6) is -0.400. The normalized spacial score (nSPS) is 10.7. The molecule has 0 aliphatic carbocycles. The lowest BCUT2D eigenvalue weighted by Gasteiger charge is -2.17. The highest BCUT2D eigenvalue weighted by atomic mass is 19.1. The third kappa shape index (κ3) is 4.08. The summed E-state index contributed by atoms with van der Waals surface area (Å²) in [5, 5.41) is 0. The van der Waals surface area contributed by atoms with Crippen LogP contribution in [0, 0.1) is 19.7 Å². The number of carbonyl (C=O) groups is 2. The average molecular weight is 438 g/mol. The molecule has 4 heteroatoms. The second-order valence-electron chi connectivity index (χ2n) is 7.89. The number of ether oxygens (including phenoxy) is 1. The maximum atomic E-state index is 14.6. The number of hydrogen-bond acceptors (Lipinski definition) is 3. The lowest BCUT2D eigenvalue weighted by Crippen LogP contribution is -1.97. The molecule has 164 valence electrons. The van der Waals surface area contributed by atoms with Crippen LogP contribution in [0.25, 0.3) is 33.4 Å². The van der Waals surface area contributed by atoms with Crippen molar-refractivity contribution in [3.8, 4) is 39.1 Å². The van der Waals surface area contributed by atoms with Crippen LogP contribution in [0.1, 0.15) is 31.8 Å². The number of hydrogen-bond donors (Lipinski definition) is 0. The second kappa shape index (κ2) is 9.21. The largest absolute Gasteiger partial charge is 0.496 e. The van der Waals surface area contributed by atoms with Gasteiger partial charge in [-0.15, -0.1) is 0 Å². The second-order valence-corrected chi connectivity index (χ2v) is 7.89. The first-order valence-corrected chi connectivity index (χ1v) is 10.6. The topological polar surface area (TPSA) is 43.4 Å². The molecule has 0 radical (unpaired) electrons. The maximum Gasteiger partial charge on any atom is 0.156 e. The van der Waals surface area contributed by atoms with E-state index in [0.717, 1.165) is 45.2 Å². The van der Waals surface area contributed by atoms with E-state index in [1.165, 1.54) is 13.2 Å². The van der Waals surface area contributed by atoms with E-state index in [2.05, 4.69) is 19.1 Å². The lowest BCUT2D eigenvalue weighted by molar-refractivity contribution is 0.111. The summed E-state index contributed by atoms with van der Waals surface area (Å²) in [6.07, 6.45) is 1.30. The van der Waals surface area contributed by atoms with Crippen molar-refractivity contribution in [2.75, 3.05) is 7.11 Å². The molecule has 4 aromatic carbocycles. The van der Waals surface area contributed by atoms with Crippen LogP contribution in [0.15, 0.2) is 72.8 Å². The molecule has 0 saturated heterocycles. The minimum absolute atomic E-state index is 0.0841. The van der Waals surface area contributed by atoms with Gasteiger partial charge in [0.25, 0.3) is 0 Å². The van der Waals surface area contributed by atoms with Gasteiger partial charge in [0.05, 0.1) is 12.7 Å². The molecule has 3 nitrogen and oxygen atoms in total. The molecule has 0 N–H and O–H groups in total. The first-order chi connectivity index (χ1) is 16.0. The van der Waals surface area contributed by atoms with E-state index >= 15 is 0 Å². The van der Waals surface area contributed by atoms with E-state index in [1.807, 2.05) is 55.5 Å². The first-order valence-electron chi connectivity index (χ1n) is 10.6. The van der Waals surface area contributed by atoms with Gasteiger partial charge >= 0.3 is 0 Å². The van der Waals surface area contributed by atoms with Crippen molar-refractivity contribution >= 4 is 12.6 Å². The number of halogens is 1. The minimum Gasteiger partial charge on any atom is -0.496 e. The van der Waals surface area contributed by atoms with Gasteiger partial charge < -0.3 is 4.74 Å². The Hall–Kier alpha value is -4.05. The quantitative estimate of drug-likeness (QED) is 0.302. The van der Waals surface area contributed by atoms with Crippen LogP contribution in [0.4, 0.5) is 4.39 Å². The first kappa shape index (κ1) is 22.2. The molecular weight excluding hydrogens is 415 g/mol. The maximum absolute atomic E-state index is 14.6.